The van der Waals surface area contributed by atoms with Crippen LogP contribution in [0.15, 0.2) is 0 Å². The number of nitrogens with zero attached hydrogens (tertiary/aromatic N) is 1. The first-order valence-electron chi connectivity index (χ1n) is 6.49. The van der Waals surface area contributed by atoms with Crippen molar-refractivity contribution in [3.8, 4) is 0 Å². The molecular formula is C13H24FNO4. The molecule has 1 N–H and O–H groups in total. The number of carboxylic acids is 1. The van der Waals surface area contributed by atoms with Gasteiger partial charge in [0.1, 0.15) is 11.8 Å². The van der Waals surface area contributed by atoms with Crippen molar-refractivity contribution in [3.63, 3.8) is 0 Å². The molecule has 0 bridgehead atoms. The van der Waals surface area contributed by atoms with E-state index in [4.69, 9.17) is 9.84 Å². The number of likely N-dealkylation sites (tertiary alicyclic amines) is 1. The van der Waals surface area contributed by atoms with Crippen LogP contribution in [0.4, 0.5) is 9.18 Å². The molecule has 6 heteroatoms. The summed E-state index contributed by atoms with van der Waals surface area (Å²) in [5.74, 6) is -0.745. The number of rotatable bonds is 1. The molecule has 0 aliphatic carbocycles. The fourth-order valence-electron chi connectivity index (χ4n) is 1.42. The van der Waals surface area contributed by atoms with Gasteiger partial charge in [-0.3, -0.25) is 4.79 Å². The Morgan fingerprint density at radius 2 is 1.95 bits per heavy atom. The number of amides is 1. The fourth-order valence-corrected chi connectivity index (χ4v) is 1.42. The van der Waals surface area contributed by atoms with Crippen molar-refractivity contribution in [2.24, 2.45) is 0 Å². The summed E-state index contributed by atoms with van der Waals surface area (Å²) in [5.41, 5.74) is -0.500. The first-order chi connectivity index (χ1) is 8.65. The smallest absolute Gasteiger partial charge is 0.410 e. The first kappa shape index (κ1) is 17.7. The standard InChI is InChI=1S/C10H18FNO2.C3H6O2/c1-10(2,3)14-9(13)12-6-4-5-8(11)7-12;1-2-3(4)5/h8H,4-7H2,1-3H3;2H2,1H3,(H,4,5). The normalized spacial score (nSPS) is 19.2. The Kier molecular flexibility index (Phi) is 7.41. The maximum atomic E-state index is 13.0. The minimum absolute atomic E-state index is 0.176. The van der Waals surface area contributed by atoms with E-state index >= 15 is 0 Å². The van der Waals surface area contributed by atoms with Gasteiger partial charge in [0, 0.05) is 13.0 Å². The van der Waals surface area contributed by atoms with Crippen LogP contribution < -0.4 is 0 Å². The van der Waals surface area contributed by atoms with Crippen LogP contribution in [-0.4, -0.2) is 46.9 Å². The van der Waals surface area contributed by atoms with E-state index < -0.39 is 23.8 Å². The fraction of sp³-hybridized carbons (Fsp3) is 0.846. The van der Waals surface area contributed by atoms with Crippen LogP contribution in [0.3, 0.4) is 0 Å². The molecule has 0 saturated carbocycles. The second kappa shape index (κ2) is 7.96. The average molecular weight is 277 g/mol. The lowest BCUT2D eigenvalue weighted by molar-refractivity contribution is -0.136. The van der Waals surface area contributed by atoms with Crippen LogP contribution >= 0.6 is 0 Å². The molecule has 1 atom stereocenters. The van der Waals surface area contributed by atoms with Crippen molar-refractivity contribution < 1.29 is 23.8 Å². The summed E-state index contributed by atoms with van der Waals surface area (Å²) >= 11 is 0. The maximum absolute atomic E-state index is 13.0. The van der Waals surface area contributed by atoms with E-state index in [1.54, 1.807) is 6.92 Å². The number of hydrogen-bond acceptors (Lipinski definition) is 3. The van der Waals surface area contributed by atoms with Crippen LogP contribution in [-0.2, 0) is 9.53 Å². The van der Waals surface area contributed by atoms with E-state index in [-0.39, 0.29) is 13.0 Å². The van der Waals surface area contributed by atoms with Crippen LogP contribution in [0, 0.1) is 0 Å². The molecule has 1 heterocycles. The van der Waals surface area contributed by atoms with Gasteiger partial charge in [-0.05, 0) is 33.6 Å². The summed E-state index contributed by atoms with van der Waals surface area (Å²) in [5, 5.41) is 7.72. The Hall–Kier alpha value is -1.33. The molecule has 19 heavy (non-hydrogen) atoms. The minimum Gasteiger partial charge on any atom is -0.481 e. The van der Waals surface area contributed by atoms with E-state index in [0.717, 1.165) is 6.42 Å². The number of halogens is 1. The quantitative estimate of drug-likeness (QED) is 0.800. The van der Waals surface area contributed by atoms with E-state index in [1.807, 2.05) is 20.8 Å². The second-order valence-corrected chi connectivity index (χ2v) is 5.41. The molecular weight excluding hydrogens is 253 g/mol. The molecule has 0 aromatic carbocycles. The summed E-state index contributed by atoms with van der Waals surface area (Å²) in [7, 11) is 0. The van der Waals surface area contributed by atoms with Crippen molar-refractivity contribution in [2.75, 3.05) is 13.1 Å². The van der Waals surface area contributed by atoms with Gasteiger partial charge in [0.25, 0.3) is 0 Å². The number of carboxylic acid groups (broad SMARTS) is 1. The minimum atomic E-state index is -0.892. The summed E-state index contributed by atoms with van der Waals surface area (Å²) < 4.78 is 18.1. The maximum Gasteiger partial charge on any atom is 0.410 e. The van der Waals surface area contributed by atoms with Gasteiger partial charge in [0.2, 0.25) is 0 Å². The number of piperidine rings is 1. The third kappa shape index (κ3) is 9.27. The van der Waals surface area contributed by atoms with Gasteiger partial charge < -0.3 is 14.7 Å². The first-order valence-corrected chi connectivity index (χ1v) is 6.49. The van der Waals surface area contributed by atoms with Gasteiger partial charge in [0.15, 0.2) is 0 Å². The van der Waals surface area contributed by atoms with Gasteiger partial charge in [-0.2, -0.15) is 0 Å². The highest BCUT2D eigenvalue weighted by Crippen LogP contribution is 2.16. The molecule has 5 nitrogen and oxygen atoms in total. The van der Waals surface area contributed by atoms with Crippen molar-refractivity contribution >= 4 is 12.1 Å². The predicted molar refractivity (Wildman–Crippen MR) is 69.9 cm³/mol. The number of alkyl halides is 1. The lowest BCUT2D eigenvalue weighted by atomic mass is 10.1. The van der Waals surface area contributed by atoms with Gasteiger partial charge in [0.05, 0.1) is 6.54 Å². The summed E-state index contributed by atoms with van der Waals surface area (Å²) in [6.07, 6.45) is 0.204. The Bertz CT molecular complexity index is 302. The molecule has 1 rings (SSSR count). The number of carbonyl (C=O) groups is 2. The van der Waals surface area contributed by atoms with Crippen LogP contribution in [0.5, 0.6) is 0 Å². The molecule has 1 aliphatic heterocycles. The molecule has 0 radical (unpaired) electrons. The Morgan fingerprint density at radius 3 is 2.32 bits per heavy atom. The third-order valence-corrected chi connectivity index (χ3v) is 2.32. The number of aliphatic carboxylic acids is 1. The third-order valence-electron chi connectivity index (χ3n) is 2.32. The van der Waals surface area contributed by atoms with Crippen molar-refractivity contribution in [1.29, 1.82) is 0 Å². The van der Waals surface area contributed by atoms with Crippen LogP contribution in [0.1, 0.15) is 47.0 Å². The Balaban J connectivity index is 0.000000555. The highest BCUT2D eigenvalue weighted by Gasteiger charge is 2.27. The molecule has 1 aliphatic rings. The number of carbonyl (C=O) groups excluding carboxylic acids is 1. The monoisotopic (exact) mass is 277 g/mol. The van der Waals surface area contributed by atoms with E-state index in [9.17, 15) is 14.0 Å². The van der Waals surface area contributed by atoms with Crippen molar-refractivity contribution in [2.45, 2.75) is 58.7 Å². The second-order valence-electron chi connectivity index (χ2n) is 5.41. The average Bonchev–Trinajstić information content (AvgIpc) is 2.27. The van der Waals surface area contributed by atoms with Crippen molar-refractivity contribution in [3.05, 3.63) is 0 Å². The summed E-state index contributed by atoms with van der Waals surface area (Å²) in [6, 6.07) is 0. The van der Waals surface area contributed by atoms with Gasteiger partial charge in [-0.15, -0.1) is 0 Å². The Labute approximate surface area is 113 Å². The number of hydrogen-bond donors (Lipinski definition) is 1. The molecule has 0 spiro atoms. The molecule has 1 saturated heterocycles. The summed E-state index contributed by atoms with van der Waals surface area (Å²) in [4.78, 5) is 22.3. The lowest BCUT2D eigenvalue weighted by Crippen LogP contribution is -2.43. The van der Waals surface area contributed by atoms with Crippen LogP contribution in [0.2, 0.25) is 0 Å². The molecule has 1 amide bonds. The highest BCUT2D eigenvalue weighted by atomic mass is 19.1. The number of ether oxygens (including phenoxy) is 1. The van der Waals surface area contributed by atoms with Gasteiger partial charge in [-0.25, -0.2) is 9.18 Å². The zero-order valence-electron chi connectivity index (χ0n) is 12.1. The van der Waals surface area contributed by atoms with Gasteiger partial charge in [-0.1, -0.05) is 6.92 Å². The van der Waals surface area contributed by atoms with Gasteiger partial charge >= 0.3 is 12.1 Å². The lowest BCUT2D eigenvalue weighted by Gasteiger charge is -2.31. The van der Waals surface area contributed by atoms with Crippen molar-refractivity contribution in [1.82, 2.24) is 4.90 Å². The van der Waals surface area contributed by atoms with E-state index in [2.05, 4.69) is 0 Å². The van der Waals surface area contributed by atoms with E-state index in [0.29, 0.717) is 13.0 Å². The zero-order chi connectivity index (χ0) is 15.1. The molecule has 1 unspecified atom stereocenters. The predicted octanol–water partition coefficient (Wildman–Crippen LogP) is 2.84. The molecule has 112 valence electrons. The largest absolute Gasteiger partial charge is 0.481 e. The zero-order valence-corrected chi connectivity index (χ0v) is 12.1. The van der Waals surface area contributed by atoms with Crippen LogP contribution in [0.25, 0.3) is 0 Å². The SMILES string of the molecule is CC(C)(C)OC(=O)N1CCCC(F)C1.CCC(=O)O. The topological polar surface area (TPSA) is 66.8 Å². The molecule has 0 aromatic rings. The van der Waals surface area contributed by atoms with E-state index in [1.165, 1.54) is 4.90 Å². The highest BCUT2D eigenvalue weighted by molar-refractivity contribution is 5.68. The molecule has 1 fully saturated rings. The molecule has 0 aromatic heterocycles. The summed E-state index contributed by atoms with van der Waals surface area (Å²) in [6.45, 7) is 7.80. The Morgan fingerprint density at radius 1 is 1.42 bits per heavy atom.